The third-order valence-electron chi connectivity index (χ3n) is 2.53. The highest BCUT2D eigenvalue weighted by Gasteiger charge is 2.20. The Bertz CT molecular complexity index is 692. The number of nitrogens with one attached hydrogen (secondary N) is 1. The van der Waals surface area contributed by atoms with Gasteiger partial charge in [0, 0.05) is 5.02 Å². The van der Waals surface area contributed by atoms with E-state index in [1.165, 1.54) is 12.1 Å². The second-order valence-electron chi connectivity index (χ2n) is 3.90. The fourth-order valence-electron chi connectivity index (χ4n) is 1.55. The van der Waals surface area contributed by atoms with Gasteiger partial charge in [0.1, 0.15) is 17.2 Å². The minimum atomic E-state index is -1.20. The van der Waals surface area contributed by atoms with Gasteiger partial charge in [-0.3, -0.25) is 4.79 Å². The lowest BCUT2D eigenvalue weighted by atomic mass is 10.1. The number of hydrogen-bond acceptors (Lipinski definition) is 2. The van der Waals surface area contributed by atoms with Crippen molar-refractivity contribution in [3.05, 3.63) is 58.4 Å². The molecule has 7 heteroatoms. The Labute approximate surface area is 117 Å². The van der Waals surface area contributed by atoms with Crippen LogP contribution in [-0.2, 0) is 0 Å². The average molecular weight is 301 g/mol. The van der Waals surface area contributed by atoms with Crippen LogP contribution in [0.25, 0.3) is 0 Å². The number of hydrogen-bond donors (Lipinski definition) is 2. The lowest BCUT2D eigenvalue weighted by Crippen LogP contribution is -2.17. The van der Waals surface area contributed by atoms with Gasteiger partial charge in [0.25, 0.3) is 5.91 Å². The third-order valence-corrected chi connectivity index (χ3v) is 2.76. The number of halogens is 4. The van der Waals surface area contributed by atoms with Gasteiger partial charge in [-0.25, -0.2) is 13.2 Å². The summed E-state index contributed by atoms with van der Waals surface area (Å²) in [5.74, 6) is -4.26. The van der Waals surface area contributed by atoms with E-state index in [0.717, 1.165) is 18.2 Å². The second kappa shape index (κ2) is 5.42. The molecule has 3 nitrogen and oxygen atoms in total. The largest absolute Gasteiger partial charge is 0.396 e. The first kappa shape index (κ1) is 14.2. The molecular formula is C13H8ClF3N2O. The molecule has 0 heterocycles. The molecule has 0 unspecified atom stereocenters. The highest BCUT2D eigenvalue weighted by molar-refractivity contribution is 6.30. The van der Waals surface area contributed by atoms with Crippen LogP contribution in [0.3, 0.4) is 0 Å². The van der Waals surface area contributed by atoms with Gasteiger partial charge in [0.2, 0.25) is 0 Å². The van der Waals surface area contributed by atoms with E-state index in [-0.39, 0.29) is 16.4 Å². The molecule has 0 spiro atoms. The van der Waals surface area contributed by atoms with E-state index in [4.69, 9.17) is 17.3 Å². The van der Waals surface area contributed by atoms with Gasteiger partial charge in [-0.2, -0.15) is 0 Å². The van der Waals surface area contributed by atoms with Gasteiger partial charge in [0.15, 0.2) is 5.82 Å². The number of nitrogen functional groups attached to an aromatic ring is 1. The molecule has 20 heavy (non-hydrogen) atoms. The van der Waals surface area contributed by atoms with E-state index < -0.39 is 28.9 Å². The molecule has 0 saturated heterocycles. The van der Waals surface area contributed by atoms with E-state index >= 15 is 0 Å². The zero-order valence-corrected chi connectivity index (χ0v) is 10.6. The van der Waals surface area contributed by atoms with Gasteiger partial charge in [-0.1, -0.05) is 11.6 Å². The third kappa shape index (κ3) is 2.70. The maximum atomic E-state index is 13.6. The highest BCUT2D eigenvalue weighted by Crippen LogP contribution is 2.22. The van der Waals surface area contributed by atoms with Crippen molar-refractivity contribution in [1.82, 2.24) is 0 Å². The number of nitrogens with two attached hydrogens (primary N) is 1. The van der Waals surface area contributed by atoms with E-state index in [0.29, 0.717) is 0 Å². The van der Waals surface area contributed by atoms with Gasteiger partial charge in [-0.15, -0.1) is 0 Å². The summed E-state index contributed by atoms with van der Waals surface area (Å²) in [6, 6.07) is 5.31. The van der Waals surface area contributed by atoms with E-state index in [1.54, 1.807) is 0 Å². The van der Waals surface area contributed by atoms with Gasteiger partial charge in [0.05, 0.1) is 11.4 Å². The Morgan fingerprint density at radius 2 is 1.80 bits per heavy atom. The number of amides is 1. The summed E-state index contributed by atoms with van der Waals surface area (Å²) in [5, 5.41) is 2.18. The second-order valence-corrected chi connectivity index (χ2v) is 4.34. The first-order valence-corrected chi connectivity index (χ1v) is 5.78. The molecule has 2 aromatic carbocycles. The molecule has 0 bridgehead atoms. The predicted molar refractivity (Wildman–Crippen MR) is 70.1 cm³/mol. The van der Waals surface area contributed by atoms with Crippen molar-refractivity contribution < 1.29 is 18.0 Å². The van der Waals surface area contributed by atoms with Crippen molar-refractivity contribution in [1.29, 1.82) is 0 Å². The normalized spacial score (nSPS) is 10.4. The molecule has 3 N–H and O–H groups in total. The summed E-state index contributed by atoms with van der Waals surface area (Å²) >= 11 is 5.55. The lowest BCUT2D eigenvalue weighted by Gasteiger charge is -2.09. The van der Waals surface area contributed by atoms with Crippen LogP contribution in [0.1, 0.15) is 10.4 Å². The molecule has 0 fully saturated rings. The van der Waals surface area contributed by atoms with Gasteiger partial charge < -0.3 is 11.1 Å². The SMILES string of the molecule is Nc1ccc(F)c(C(=O)Nc2ccc(Cl)cc2F)c1F. The Morgan fingerprint density at radius 1 is 1.10 bits per heavy atom. The Kier molecular flexibility index (Phi) is 3.85. The minimum absolute atomic E-state index is 0.127. The number of anilines is 2. The average Bonchev–Trinajstić information content (AvgIpc) is 2.38. The number of carbonyl (C=O) groups excluding carboxylic acids is 1. The summed E-state index contributed by atoms with van der Waals surface area (Å²) in [6.45, 7) is 0. The lowest BCUT2D eigenvalue weighted by molar-refractivity contribution is 0.101. The predicted octanol–water partition coefficient (Wildman–Crippen LogP) is 3.59. The molecule has 0 atom stereocenters. The minimum Gasteiger partial charge on any atom is -0.396 e. The molecule has 0 aliphatic rings. The van der Waals surface area contributed by atoms with Crippen LogP contribution in [0.5, 0.6) is 0 Å². The van der Waals surface area contributed by atoms with Crippen LogP contribution < -0.4 is 11.1 Å². The van der Waals surface area contributed by atoms with Crippen LogP contribution >= 0.6 is 11.6 Å². The molecule has 104 valence electrons. The van der Waals surface area contributed by atoms with Gasteiger partial charge in [-0.05, 0) is 30.3 Å². The smallest absolute Gasteiger partial charge is 0.261 e. The quantitative estimate of drug-likeness (QED) is 0.833. The molecule has 2 aromatic rings. The standard InChI is InChI=1S/C13H8ClF3N2O/c14-6-1-4-10(8(16)5-6)19-13(20)11-7(15)2-3-9(18)12(11)17/h1-5H,18H2,(H,19,20). The maximum absolute atomic E-state index is 13.6. The van der Waals surface area contributed by atoms with Crippen molar-refractivity contribution in [2.45, 2.75) is 0 Å². The van der Waals surface area contributed by atoms with Crippen LogP contribution in [0, 0.1) is 17.5 Å². The number of rotatable bonds is 2. The monoisotopic (exact) mass is 300 g/mol. The van der Waals surface area contributed by atoms with E-state index in [1.807, 2.05) is 0 Å². The Hall–Kier alpha value is -2.21. The van der Waals surface area contributed by atoms with Crippen LogP contribution in [0.15, 0.2) is 30.3 Å². The van der Waals surface area contributed by atoms with E-state index in [2.05, 4.69) is 5.32 Å². The van der Waals surface area contributed by atoms with Crippen LogP contribution in [0.2, 0.25) is 5.02 Å². The molecule has 0 aromatic heterocycles. The zero-order chi connectivity index (χ0) is 14.9. The maximum Gasteiger partial charge on any atom is 0.261 e. The number of benzene rings is 2. The molecule has 2 rings (SSSR count). The Balaban J connectivity index is 2.36. The van der Waals surface area contributed by atoms with Crippen LogP contribution in [0.4, 0.5) is 24.5 Å². The zero-order valence-electron chi connectivity index (χ0n) is 9.88. The summed E-state index contributed by atoms with van der Waals surface area (Å²) in [4.78, 5) is 11.8. The molecule has 0 aliphatic heterocycles. The summed E-state index contributed by atoms with van der Waals surface area (Å²) in [5.41, 5.74) is 3.75. The summed E-state index contributed by atoms with van der Waals surface area (Å²) in [6.07, 6.45) is 0. The topological polar surface area (TPSA) is 55.1 Å². The molecule has 1 amide bonds. The molecule has 0 aliphatic carbocycles. The van der Waals surface area contributed by atoms with Crippen molar-refractivity contribution in [2.75, 3.05) is 11.1 Å². The van der Waals surface area contributed by atoms with Crippen molar-refractivity contribution >= 4 is 28.9 Å². The molecule has 0 saturated carbocycles. The summed E-state index contributed by atoms with van der Waals surface area (Å²) in [7, 11) is 0. The van der Waals surface area contributed by atoms with Crippen molar-refractivity contribution in [3.8, 4) is 0 Å². The summed E-state index contributed by atoms with van der Waals surface area (Å²) < 4.78 is 40.6. The highest BCUT2D eigenvalue weighted by atomic mass is 35.5. The fraction of sp³-hybridized carbons (Fsp3) is 0. The first-order chi connectivity index (χ1) is 9.40. The van der Waals surface area contributed by atoms with E-state index in [9.17, 15) is 18.0 Å². The number of carbonyl (C=O) groups is 1. The van der Waals surface area contributed by atoms with Crippen LogP contribution in [-0.4, -0.2) is 5.91 Å². The first-order valence-electron chi connectivity index (χ1n) is 5.40. The van der Waals surface area contributed by atoms with Gasteiger partial charge >= 0.3 is 0 Å². The molecule has 0 radical (unpaired) electrons. The fourth-order valence-corrected chi connectivity index (χ4v) is 1.71. The van der Waals surface area contributed by atoms with Crippen molar-refractivity contribution in [3.63, 3.8) is 0 Å². The van der Waals surface area contributed by atoms with Crippen molar-refractivity contribution in [2.24, 2.45) is 0 Å². The Morgan fingerprint density at radius 3 is 2.45 bits per heavy atom. The molecular weight excluding hydrogens is 293 g/mol.